The van der Waals surface area contributed by atoms with Gasteiger partial charge in [-0.05, 0) is 38.5 Å². The van der Waals surface area contributed by atoms with Crippen molar-refractivity contribution in [2.45, 2.75) is 196 Å². The van der Waals surface area contributed by atoms with E-state index >= 15 is 0 Å². The highest BCUT2D eigenvalue weighted by atomic mass is 31.2. The molecule has 8 unspecified atom stereocenters. The lowest BCUT2D eigenvalue weighted by molar-refractivity contribution is -0.369. The Morgan fingerprint density at radius 3 is 1.75 bits per heavy atom. The second-order valence-electron chi connectivity index (χ2n) is 18.8. The Balaban J connectivity index is 1.43. The number of aliphatic hydroxyl groups is 8. The van der Waals surface area contributed by atoms with E-state index in [2.05, 4.69) is 16.0 Å². The van der Waals surface area contributed by atoms with Crippen LogP contribution < -0.4 is 16.0 Å². The van der Waals surface area contributed by atoms with Crippen molar-refractivity contribution < 1.29 is 126 Å². The molecule has 0 aliphatic carbocycles. The average molecular weight is 1160 g/mol. The first-order chi connectivity index (χ1) is 37.6. The van der Waals surface area contributed by atoms with Gasteiger partial charge < -0.3 is 99.6 Å². The number of ketones is 1. The highest BCUT2D eigenvalue weighted by Crippen LogP contribution is 2.43. The first-order valence-corrected chi connectivity index (χ1v) is 27.8. The number of allylic oxidation sites excluding steroid dienone is 2. The van der Waals surface area contributed by atoms with Gasteiger partial charge in [-0.25, -0.2) is 4.57 Å². The van der Waals surface area contributed by atoms with E-state index in [1.54, 1.807) is 24.3 Å². The molecule has 0 aromatic heterocycles. The Morgan fingerprint density at radius 1 is 0.595 bits per heavy atom. The zero-order valence-corrected chi connectivity index (χ0v) is 45.8. The van der Waals surface area contributed by atoms with Crippen LogP contribution in [0.1, 0.15) is 98.3 Å². The Bertz CT molecular complexity index is 1990. The van der Waals surface area contributed by atoms with Crippen molar-refractivity contribution in [1.29, 1.82) is 0 Å². The number of ether oxygens (including phenoxy) is 8. The summed E-state index contributed by atoms with van der Waals surface area (Å²) in [5, 5.41) is 92.8. The summed E-state index contributed by atoms with van der Waals surface area (Å²) in [5.41, 5.74) is 0. The predicted octanol–water partition coefficient (Wildman–Crippen LogP) is -2.54. The number of hydrogen-bond acceptors (Lipinski definition) is 25. The fourth-order valence-electron chi connectivity index (χ4n) is 8.29. The Morgan fingerprint density at radius 2 is 1.14 bits per heavy atom. The standard InChI is InChI=1S/C49H82N3O26P/c1-5-7-9-18-36(60)70-26-31(73-37(61)19-10-8-6-2)27-72-79(67,68)71-22-20-50-35(59)17-12-11-15-30(58)16-13-14-21-69-47-39(52-29(4)57)43(65)45(34(25-55)76-47)77-49-44(66)46(41(63)33(24-54)75-49)78-48-38(51-28(3)56)42(64)40(62)32(23-53)74-48/h7-10,31-34,38-49,53-55,62-66H,5-6,11-27H2,1-4H3,(H,50,59)(H,51,56)(H,52,57)(H,67,68)/b9-7-,10-8-/t31?,32?,33?,34?,38?,39?,40-,41-,42+,43+,44?,45-,46-,47+,48-,49-/m0/s1. The molecule has 454 valence electrons. The third kappa shape index (κ3) is 24.2. The number of nitrogens with one attached hydrogen (secondary N) is 3. The summed E-state index contributed by atoms with van der Waals surface area (Å²) in [4.78, 5) is 83.8. The van der Waals surface area contributed by atoms with Crippen LogP contribution in [0.5, 0.6) is 0 Å². The normalized spacial score (nSPS) is 30.3. The number of rotatable bonds is 36. The Hall–Kier alpha value is -3.95. The number of phosphoric ester groups is 1. The molecule has 0 aromatic carbocycles. The number of carbonyl (C=O) groups is 6. The molecule has 0 bridgehead atoms. The summed E-state index contributed by atoms with van der Waals surface area (Å²) in [5.74, 6) is -3.10. The fraction of sp³-hybridized carbons (Fsp3) is 0.796. The molecule has 17 atom stereocenters. The van der Waals surface area contributed by atoms with Crippen molar-refractivity contribution >= 4 is 43.3 Å². The summed E-state index contributed by atoms with van der Waals surface area (Å²) in [7, 11) is -4.69. The van der Waals surface area contributed by atoms with Crippen LogP contribution in [0.25, 0.3) is 0 Å². The first-order valence-electron chi connectivity index (χ1n) is 26.3. The van der Waals surface area contributed by atoms with Crippen LogP contribution in [0, 0.1) is 0 Å². The number of esters is 2. The van der Waals surface area contributed by atoms with Gasteiger partial charge in [-0.1, -0.05) is 38.2 Å². The molecule has 3 heterocycles. The largest absolute Gasteiger partial charge is 0.472 e. The van der Waals surface area contributed by atoms with E-state index in [0.29, 0.717) is 38.5 Å². The van der Waals surface area contributed by atoms with Crippen molar-refractivity contribution in [2.24, 2.45) is 0 Å². The van der Waals surface area contributed by atoms with Crippen LogP contribution in [-0.4, -0.2) is 232 Å². The van der Waals surface area contributed by atoms with Gasteiger partial charge >= 0.3 is 19.8 Å². The molecule has 3 rings (SSSR count). The van der Waals surface area contributed by atoms with Crippen LogP contribution in [-0.2, 0) is 80.3 Å². The van der Waals surface area contributed by atoms with Gasteiger partial charge in [0.15, 0.2) is 25.0 Å². The summed E-state index contributed by atoms with van der Waals surface area (Å²) < 4.78 is 67.5. The van der Waals surface area contributed by atoms with Crippen molar-refractivity contribution in [3.05, 3.63) is 24.3 Å². The average Bonchev–Trinajstić information content (AvgIpc) is 3.45. The molecular weight excluding hydrogens is 1080 g/mol. The summed E-state index contributed by atoms with van der Waals surface area (Å²) in [6.45, 7) is 1.84. The van der Waals surface area contributed by atoms with Gasteiger partial charge in [-0.15, -0.1) is 0 Å². The monoisotopic (exact) mass is 1160 g/mol. The van der Waals surface area contributed by atoms with Crippen LogP contribution in [0.3, 0.4) is 0 Å². The number of carbonyl (C=O) groups excluding carboxylic acids is 6. The zero-order valence-electron chi connectivity index (χ0n) is 44.9. The SMILES string of the molecule is CC/C=C\CC(=O)OCC(COP(=O)(O)OCCNC(=O)CCCCC(=O)CCCCO[C@@H]1OC(CO)[C@H](O[C@@H]2OC(CO)[C@H](O)[C@H](O[C@@H]3OC(CO)[C@H](O)[C@H](O)C3NC(C)=O)C2O)[C@H](O)C1NC(C)=O)OC(=O)C/C=C\CC. The van der Waals surface area contributed by atoms with E-state index in [1.165, 1.54) is 0 Å². The summed E-state index contributed by atoms with van der Waals surface area (Å²) >= 11 is 0. The molecule has 30 heteroatoms. The van der Waals surface area contributed by atoms with E-state index in [-0.39, 0.29) is 51.0 Å². The molecule has 0 spiro atoms. The van der Waals surface area contributed by atoms with Gasteiger partial charge in [-0.3, -0.25) is 37.8 Å². The molecule has 0 radical (unpaired) electrons. The quantitative estimate of drug-likeness (QED) is 0.0133. The lowest BCUT2D eigenvalue weighted by Crippen LogP contribution is -2.69. The Labute approximate surface area is 457 Å². The van der Waals surface area contributed by atoms with Gasteiger partial charge in [0.2, 0.25) is 17.7 Å². The molecule has 3 fully saturated rings. The van der Waals surface area contributed by atoms with Crippen molar-refractivity contribution in [3.8, 4) is 0 Å². The van der Waals surface area contributed by atoms with E-state index in [9.17, 15) is 79.1 Å². The lowest BCUT2D eigenvalue weighted by Gasteiger charge is -2.49. The smallest absolute Gasteiger partial charge is 0.461 e. The summed E-state index contributed by atoms with van der Waals surface area (Å²) in [6.07, 6.45) is -13.1. The van der Waals surface area contributed by atoms with E-state index in [0.717, 1.165) is 13.8 Å². The molecule has 3 aliphatic rings. The van der Waals surface area contributed by atoms with Crippen LogP contribution in [0.2, 0.25) is 0 Å². The Kier molecular flexibility index (Phi) is 32.0. The van der Waals surface area contributed by atoms with Crippen LogP contribution in [0.4, 0.5) is 0 Å². The van der Waals surface area contributed by atoms with Gasteiger partial charge in [0.1, 0.15) is 85.5 Å². The van der Waals surface area contributed by atoms with E-state index in [1.807, 2.05) is 13.8 Å². The fourth-order valence-corrected chi connectivity index (χ4v) is 9.04. The molecule has 0 aromatic rings. The topological polar surface area (TPSA) is 430 Å². The molecule has 12 N–H and O–H groups in total. The van der Waals surface area contributed by atoms with Crippen molar-refractivity contribution in [3.63, 3.8) is 0 Å². The van der Waals surface area contributed by atoms with Crippen LogP contribution in [0.15, 0.2) is 24.3 Å². The predicted molar refractivity (Wildman–Crippen MR) is 269 cm³/mol. The highest BCUT2D eigenvalue weighted by Gasteiger charge is 2.54. The molecule has 3 saturated heterocycles. The molecule has 79 heavy (non-hydrogen) atoms. The maximum Gasteiger partial charge on any atom is 0.472 e. The van der Waals surface area contributed by atoms with Crippen molar-refractivity contribution in [1.82, 2.24) is 16.0 Å². The zero-order chi connectivity index (χ0) is 58.7. The minimum atomic E-state index is -4.69. The van der Waals surface area contributed by atoms with Gasteiger partial charge in [0.05, 0.1) is 45.9 Å². The number of Topliss-reactive ketones (excluding diaryl/α,β-unsaturated/α-hetero) is 1. The minimum absolute atomic E-state index is 0.0204. The van der Waals surface area contributed by atoms with E-state index < -0.39 is 175 Å². The summed E-state index contributed by atoms with van der Waals surface area (Å²) in [6, 6.07) is -2.84. The molecule has 0 saturated carbocycles. The van der Waals surface area contributed by atoms with Gasteiger partial charge in [-0.2, -0.15) is 0 Å². The first kappa shape index (κ1) is 69.3. The highest BCUT2D eigenvalue weighted by molar-refractivity contribution is 7.47. The minimum Gasteiger partial charge on any atom is -0.461 e. The third-order valence-corrected chi connectivity index (χ3v) is 13.3. The molecule has 29 nitrogen and oxygen atoms in total. The van der Waals surface area contributed by atoms with Gasteiger partial charge in [0, 0.05) is 46.3 Å². The molecule has 3 amide bonds. The van der Waals surface area contributed by atoms with Crippen LogP contribution >= 0.6 is 7.82 Å². The van der Waals surface area contributed by atoms with Gasteiger partial charge in [0.25, 0.3) is 0 Å². The molecular formula is C49H82N3O26P. The maximum atomic E-state index is 12.6. The van der Waals surface area contributed by atoms with E-state index in [4.69, 9.17) is 46.9 Å². The number of amides is 3. The number of aliphatic hydroxyl groups excluding tert-OH is 8. The molecule has 3 aliphatic heterocycles. The lowest BCUT2D eigenvalue weighted by atomic mass is 9.94. The number of phosphoric acid groups is 1. The van der Waals surface area contributed by atoms with Crippen molar-refractivity contribution in [2.75, 3.05) is 52.8 Å². The third-order valence-electron chi connectivity index (χ3n) is 12.3. The maximum absolute atomic E-state index is 12.6. The second kappa shape index (κ2) is 36.5. The number of hydrogen-bond donors (Lipinski definition) is 12. The number of unbranched alkanes of at least 4 members (excludes halogenated alkanes) is 2. The second-order valence-corrected chi connectivity index (χ2v) is 20.2.